The number of carbonyl (C=O) groups is 2. The first-order chi connectivity index (χ1) is 9.13. The Morgan fingerprint density at radius 3 is 2.58 bits per heavy atom. The Hall–Kier alpha value is -1.32. The molecular weight excluding hydrogens is 244 g/mol. The van der Waals surface area contributed by atoms with E-state index in [1.807, 2.05) is 0 Å². The molecule has 1 saturated carbocycles. The minimum atomic E-state index is -0.278. The first kappa shape index (κ1) is 15.7. The topological polar surface area (TPSA) is 52.6 Å². The van der Waals surface area contributed by atoms with Gasteiger partial charge in [0.2, 0.25) is 0 Å². The molecule has 4 heteroatoms. The molecule has 0 saturated heterocycles. The molecule has 0 radical (unpaired) electrons. The summed E-state index contributed by atoms with van der Waals surface area (Å²) in [5, 5.41) is 0. The van der Waals surface area contributed by atoms with E-state index >= 15 is 0 Å². The summed E-state index contributed by atoms with van der Waals surface area (Å²) in [4.78, 5) is 22.4. The van der Waals surface area contributed by atoms with Gasteiger partial charge in [0.05, 0.1) is 6.26 Å². The molecule has 1 atom stereocenters. The summed E-state index contributed by atoms with van der Waals surface area (Å²) in [6.07, 6.45) is 8.79. The van der Waals surface area contributed by atoms with Crippen molar-refractivity contribution in [1.29, 1.82) is 0 Å². The van der Waals surface area contributed by atoms with E-state index in [1.165, 1.54) is 26.2 Å². The Bertz CT molecular complexity index is 305. The Morgan fingerprint density at radius 2 is 2.00 bits per heavy atom. The summed E-state index contributed by atoms with van der Waals surface area (Å²) < 4.78 is 10.1. The van der Waals surface area contributed by atoms with Crippen molar-refractivity contribution in [2.45, 2.75) is 64.4 Å². The molecule has 1 aliphatic rings. The molecule has 1 aliphatic carbocycles. The smallest absolute Gasteiger partial charge is 0.310 e. The van der Waals surface area contributed by atoms with Crippen molar-refractivity contribution >= 4 is 11.9 Å². The van der Waals surface area contributed by atoms with Gasteiger partial charge >= 0.3 is 11.9 Å². The van der Waals surface area contributed by atoms with Crippen molar-refractivity contribution in [1.82, 2.24) is 0 Å². The summed E-state index contributed by atoms with van der Waals surface area (Å²) in [6.45, 7) is 4.79. The molecular formula is C15H24O4. The number of ether oxygens (including phenoxy) is 2. The molecule has 1 unspecified atom stereocenters. The number of esters is 2. The van der Waals surface area contributed by atoms with Crippen LogP contribution in [0.5, 0.6) is 0 Å². The molecule has 0 aliphatic heterocycles. The first-order valence-corrected chi connectivity index (χ1v) is 7.11. The zero-order valence-corrected chi connectivity index (χ0v) is 11.7. The van der Waals surface area contributed by atoms with Gasteiger partial charge in [-0.05, 0) is 31.6 Å². The molecule has 0 spiro atoms. The Balaban J connectivity index is 2.38. The van der Waals surface area contributed by atoms with Gasteiger partial charge in [-0.1, -0.05) is 25.8 Å². The summed E-state index contributed by atoms with van der Waals surface area (Å²) in [5.41, 5.74) is 0. The van der Waals surface area contributed by atoms with E-state index in [-0.39, 0.29) is 18.0 Å². The lowest BCUT2D eigenvalue weighted by atomic mass is 9.83. The van der Waals surface area contributed by atoms with Gasteiger partial charge in [0.25, 0.3) is 0 Å². The van der Waals surface area contributed by atoms with Crippen LogP contribution < -0.4 is 0 Å². The van der Waals surface area contributed by atoms with E-state index < -0.39 is 0 Å². The molecule has 4 nitrogen and oxygen atoms in total. The first-order valence-electron chi connectivity index (χ1n) is 7.11. The second-order valence-electron chi connectivity index (χ2n) is 5.09. The monoisotopic (exact) mass is 268 g/mol. The highest BCUT2D eigenvalue weighted by Gasteiger charge is 2.25. The SMILES string of the molecule is C=COC(=O)CCCC(OC(C)=O)C1CCCCC1. The number of hydrogen-bond donors (Lipinski definition) is 0. The fourth-order valence-corrected chi connectivity index (χ4v) is 2.71. The zero-order valence-electron chi connectivity index (χ0n) is 11.7. The van der Waals surface area contributed by atoms with E-state index in [2.05, 4.69) is 11.3 Å². The second-order valence-corrected chi connectivity index (χ2v) is 5.09. The molecule has 1 fully saturated rings. The van der Waals surface area contributed by atoms with Gasteiger partial charge in [0.1, 0.15) is 6.10 Å². The van der Waals surface area contributed by atoms with Crippen LogP contribution in [-0.4, -0.2) is 18.0 Å². The average molecular weight is 268 g/mol. The molecule has 0 aromatic heterocycles. The Morgan fingerprint density at radius 1 is 1.32 bits per heavy atom. The number of hydrogen-bond acceptors (Lipinski definition) is 4. The summed E-state index contributed by atoms with van der Waals surface area (Å²) in [6, 6.07) is 0. The largest absolute Gasteiger partial charge is 0.462 e. The fraction of sp³-hybridized carbons (Fsp3) is 0.733. The van der Waals surface area contributed by atoms with Crippen LogP contribution in [0.2, 0.25) is 0 Å². The predicted octanol–water partition coefficient (Wildman–Crippen LogP) is 3.36. The molecule has 0 N–H and O–H groups in total. The normalized spacial score (nSPS) is 17.5. The lowest BCUT2D eigenvalue weighted by Crippen LogP contribution is -2.28. The minimum Gasteiger partial charge on any atom is -0.462 e. The summed E-state index contributed by atoms with van der Waals surface area (Å²) in [7, 11) is 0. The summed E-state index contributed by atoms with van der Waals surface area (Å²) >= 11 is 0. The van der Waals surface area contributed by atoms with E-state index in [0.29, 0.717) is 18.8 Å². The number of rotatable bonds is 7. The van der Waals surface area contributed by atoms with Gasteiger partial charge in [0, 0.05) is 13.3 Å². The number of carbonyl (C=O) groups excluding carboxylic acids is 2. The standard InChI is InChI=1S/C15H24O4/c1-3-18-15(17)11-7-10-14(19-12(2)16)13-8-5-4-6-9-13/h3,13-14H,1,4-11H2,2H3. The van der Waals surface area contributed by atoms with Gasteiger partial charge in [0.15, 0.2) is 0 Å². The van der Waals surface area contributed by atoms with E-state index in [0.717, 1.165) is 25.5 Å². The van der Waals surface area contributed by atoms with Gasteiger partial charge in [-0.25, -0.2) is 0 Å². The average Bonchev–Trinajstić information content (AvgIpc) is 2.38. The van der Waals surface area contributed by atoms with Crippen molar-refractivity contribution in [2.24, 2.45) is 5.92 Å². The molecule has 0 heterocycles. The van der Waals surface area contributed by atoms with Crippen LogP contribution in [-0.2, 0) is 19.1 Å². The quantitative estimate of drug-likeness (QED) is 0.525. The third-order valence-corrected chi connectivity index (χ3v) is 3.58. The summed E-state index contributed by atoms with van der Waals surface area (Å²) in [5.74, 6) is -0.0578. The van der Waals surface area contributed by atoms with Gasteiger partial charge in [-0.2, -0.15) is 0 Å². The van der Waals surface area contributed by atoms with Crippen LogP contribution in [0, 0.1) is 5.92 Å². The molecule has 0 amide bonds. The Labute approximate surface area is 115 Å². The van der Waals surface area contributed by atoms with Crippen LogP contribution in [0.4, 0.5) is 0 Å². The van der Waals surface area contributed by atoms with Gasteiger partial charge in [-0.15, -0.1) is 0 Å². The maximum absolute atomic E-state index is 11.2. The van der Waals surface area contributed by atoms with E-state index in [1.54, 1.807) is 0 Å². The molecule has 108 valence electrons. The molecule has 1 rings (SSSR count). The third kappa shape index (κ3) is 6.41. The molecule has 0 aromatic rings. The maximum Gasteiger partial charge on any atom is 0.310 e. The maximum atomic E-state index is 11.2. The van der Waals surface area contributed by atoms with Crippen molar-refractivity contribution in [3.63, 3.8) is 0 Å². The second kappa shape index (κ2) is 8.73. The highest BCUT2D eigenvalue weighted by molar-refractivity contribution is 5.69. The molecule has 0 bridgehead atoms. The Kier molecular flexibility index (Phi) is 7.23. The highest BCUT2D eigenvalue weighted by atomic mass is 16.5. The molecule has 0 aromatic carbocycles. The van der Waals surface area contributed by atoms with Crippen LogP contribution >= 0.6 is 0 Å². The van der Waals surface area contributed by atoms with Crippen LogP contribution in [0.1, 0.15) is 58.3 Å². The third-order valence-electron chi connectivity index (χ3n) is 3.58. The van der Waals surface area contributed by atoms with Gasteiger partial charge in [-0.3, -0.25) is 9.59 Å². The lowest BCUT2D eigenvalue weighted by Gasteiger charge is -2.29. The van der Waals surface area contributed by atoms with Crippen molar-refractivity contribution in [3.8, 4) is 0 Å². The highest BCUT2D eigenvalue weighted by Crippen LogP contribution is 2.30. The fourth-order valence-electron chi connectivity index (χ4n) is 2.71. The van der Waals surface area contributed by atoms with Crippen LogP contribution in [0.15, 0.2) is 12.8 Å². The molecule has 19 heavy (non-hydrogen) atoms. The lowest BCUT2D eigenvalue weighted by molar-refractivity contribution is -0.150. The van der Waals surface area contributed by atoms with Crippen molar-refractivity contribution in [3.05, 3.63) is 12.8 Å². The van der Waals surface area contributed by atoms with E-state index in [9.17, 15) is 9.59 Å². The van der Waals surface area contributed by atoms with Crippen molar-refractivity contribution < 1.29 is 19.1 Å². The van der Waals surface area contributed by atoms with Crippen LogP contribution in [0.25, 0.3) is 0 Å². The van der Waals surface area contributed by atoms with E-state index in [4.69, 9.17) is 4.74 Å². The minimum absolute atomic E-state index is 0.0469. The predicted molar refractivity (Wildman–Crippen MR) is 72.3 cm³/mol. The van der Waals surface area contributed by atoms with Gasteiger partial charge < -0.3 is 9.47 Å². The van der Waals surface area contributed by atoms with Crippen molar-refractivity contribution in [2.75, 3.05) is 0 Å². The zero-order chi connectivity index (χ0) is 14.1. The van der Waals surface area contributed by atoms with Crippen LogP contribution in [0.3, 0.4) is 0 Å².